The van der Waals surface area contributed by atoms with Crippen molar-refractivity contribution in [1.29, 1.82) is 0 Å². The maximum absolute atomic E-state index is 12.1. The molecular weight excluding hydrogens is 290 g/mol. The van der Waals surface area contributed by atoms with E-state index in [9.17, 15) is 4.79 Å². The average molecular weight is 313 g/mol. The predicted molar refractivity (Wildman–Crippen MR) is 94.6 cm³/mol. The molecule has 0 aliphatic rings. The van der Waals surface area contributed by atoms with Gasteiger partial charge in [0.25, 0.3) is 5.91 Å². The van der Waals surface area contributed by atoms with Gasteiger partial charge in [0, 0.05) is 22.8 Å². The van der Waals surface area contributed by atoms with Crippen molar-refractivity contribution >= 4 is 17.7 Å². The summed E-state index contributed by atoms with van der Waals surface area (Å²) >= 11 is 1.75. The van der Waals surface area contributed by atoms with E-state index in [0.29, 0.717) is 6.54 Å². The fourth-order valence-electron chi connectivity index (χ4n) is 2.07. The van der Waals surface area contributed by atoms with Crippen LogP contribution >= 0.6 is 11.8 Å². The van der Waals surface area contributed by atoms with Crippen molar-refractivity contribution in [2.24, 2.45) is 0 Å². The van der Waals surface area contributed by atoms with Crippen molar-refractivity contribution in [3.63, 3.8) is 0 Å². The fraction of sp³-hybridized carbons (Fsp3) is 0.316. The standard InChI is InChI=1S/C19H23NOS/c1-19(2,3)16-11-9-15(10-12-16)18(21)20-13-14-22-17-7-5-4-6-8-17/h4-12H,13-14H2,1-3H3,(H,20,21). The van der Waals surface area contributed by atoms with Crippen LogP contribution in [-0.2, 0) is 5.41 Å². The van der Waals surface area contributed by atoms with Crippen LogP contribution in [0.15, 0.2) is 59.5 Å². The summed E-state index contributed by atoms with van der Waals surface area (Å²) < 4.78 is 0. The Morgan fingerprint density at radius 2 is 1.64 bits per heavy atom. The number of carbonyl (C=O) groups excluding carboxylic acids is 1. The highest BCUT2D eigenvalue weighted by molar-refractivity contribution is 7.99. The first-order valence-corrected chi connectivity index (χ1v) is 8.52. The third-order valence-corrected chi connectivity index (χ3v) is 4.43. The Hall–Kier alpha value is -1.74. The van der Waals surface area contributed by atoms with E-state index in [0.717, 1.165) is 11.3 Å². The Bertz CT molecular complexity index is 600. The summed E-state index contributed by atoms with van der Waals surface area (Å²) in [6.45, 7) is 7.17. The lowest BCUT2D eigenvalue weighted by atomic mass is 9.87. The molecule has 0 atom stereocenters. The lowest BCUT2D eigenvalue weighted by molar-refractivity contribution is 0.0956. The van der Waals surface area contributed by atoms with E-state index in [1.54, 1.807) is 11.8 Å². The molecule has 116 valence electrons. The van der Waals surface area contributed by atoms with Crippen LogP contribution in [0.5, 0.6) is 0 Å². The summed E-state index contributed by atoms with van der Waals surface area (Å²) in [5.74, 6) is 0.865. The SMILES string of the molecule is CC(C)(C)c1ccc(C(=O)NCCSc2ccccc2)cc1. The number of hydrogen-bond donors (Lipinski definition) is 1. The van der Waals surface area contributed by atoms with Gasteiger partial charge in [0.05, 0.1) is 0 Å². The van der Waals surface area contributed by atoms with Crippen LogP contribution in [0.2, 0.25) is 0 Å². The molecule has 1 N–H and O–H groups in total. The topological polar surface area (TPSA) is 29.1 Å². The van der Waals surface area contributed by atoms with Gasteiger partial charge in [0.2, 0.25) is 0 Å². The van der Waals surface area contributed by atoms with Crippen LogP contribution < -0.4 is 5.32 Å². The first kappa shape index (κ1) is 16.6. The molecular formula is C19H23NOS. The second-order valence-electron chi connectivity index (χ2n) is 6.24. The Morgan fingerprint density at radius 1 is 1.00 bits per heavy atom. The van der Waals surface area contributed by atoms with Crippen LogP contribution in [0, 0.1) is 0 Å². The summed E-state index contributed by atoms with van der Waals surface area (Å²) in [7, 11) is 0. The van der Waals surface area contributed by atoms with Gasteiger partial charge in [-0.1, -0.05) is 51.1 Å². The van der Waals surface area contributed by atoms with Crippen molar-refractivity contribution < 1.29 is 4.79 Å². The molecule has 0 saturated carbocycles. The van der Waals surface area contributed by atoms with Crippen molar-refractivity contribution in [2.45, 2.75) is 31.1 Å². The van der Waals surface area contributed by atoms with Crippen molar-refractivity contribution in [1.82, 2.24) is 5.32 Å². The smallest absolute Gasteiger partial charge is 0.251 e. The largest absolute Gasteiger partial charge is 0.351 e. The van der Waals surface area contributed by atoms with Gasteiger partial charge in [-0.2, -0.15) is 0 Å². The van der Waals surface area contributed by atoms with E-state index in [2.05, 4.69) is 38.2 Å². The van der Waals surface area contributed by atoms with Gasteiger partial charge in [-0.15, -0.1) is 11.8 Å². The fourth-order valence-corrected chi connectivity index (χ4v) is 2.86. The molecule has 1 amide bonds. The molecule has 2 aromatic carbocycles. The van der Waals surface area contributed by atoms with Gasteiger partial charge < -0.3 is 5.32 Å². The number of rotatable bonds is 5. The van der Waals surface area contributed by atoms with Gasteiger partial charge in [0.15, 0.2) is 0 Å². The maximum Gasteiger partial charge on any atom is 0.251 e. The Kier molecular flexibility index (Phi) is 5.67. The molecule has 2 aromatic rings. The zero-order chi connectivity index (χ0) is 16.0. The molecule has 0 bridgehead atoms. The zero-order valence-electron chi connectivity index (χ0n) is 13.4. The number of hydrogen-bond acceptors (Lipinski definition) is 2. The Labute approximate surface area is 137 Å². The molecule has 22 heavy (non-hydrogen) atoms. The molecule has 0 radical (unpaired) electrons. The molecule has 2 rings (SSSR count). The minimum absolute atomic E-state index is 0.00544. The summed E-state index contributed by atoms with van der Waals surface area (Å²) in [5.41, 5.74) is 2.07. The highest BCUT2D eigenvalue weighted by Crippen LogP contribution is 2.22. The Balaban J connectivity index is 1.80. The molecule has 0 aromatic heterocycles. The van der Waals surface area contributed by atoms with E-state index in [1.165, 1.54) is 10.5 Å². The minimum Gasteiger partial charge on any atom is -0.351 e. The van der Waals surface area contributed by atoms with Crippen molar-refractivity contribution in [2.75, 3.05) is 12.3 Å². The van der Waals surface area contributed by atoms with Crippen LogP contribution in [0.1, 0.15) is 36.7 Å². The van der Waals surface area contributed by atoms with Gasteiger partial charge >= 0.3 is 0 Å². The molecule has 0 unspecified atom stereocenters. The Morgan fingerprint density at radius 3 is 2.23 bits per heavy atom. The molecule has 0 heterocycles. The van der Waals surface area contributed by atoms with Gasteiger partial charge in [-0.05, 0) is 35.2 Å². The summed E-state index contributed by atoms with van der Waals surface area (Å²) in [6, 6.07) is 18.1. The zero-order valence-corrected chi connectivity index (χ0v) is 14.2. The number of nitrogens with one attached hydrogen (secondary N) is 1. The third-order valence-electron chi connectivity index (χ3n) is 3.41. The second-order valence-corrected chi connectivity index (χ2v) is 7.41. The molecule has 3 heteroatoms. The molecule has 0 spiro atoms. The lowest BCUT2D eigenvalue weighted by Gasteiger charge is -2.19. The number of amides is 1. The van der Waals surface area contributed by atoms with Crippen molar-refractivity contribution in [3.05, 3.63) is 65.7 Å². The van der Waals surface area contributed by atoms with Crippen LogP contribution in [0.4, 0.5) is 0 Å². The molecule has 2 nitrogen and oxygen atoms in total. The number of benzene rings is 2. The maximum atomic E-state index is 12.1. The normalized spacial score (nSPS) is 11.2. The predicted octanol–water partition coefficient (Wildman–Crippen LogP) is 4.51. The first-order chi connectivity index (χ1) is 10.5. The van der Waals surface area contributed by atoms with E-state index >= 15 is 0 Å². The number of carbonyl (C=O) groups is 1. The van der Waals surface area contributed by atoms with Crippen LogP contribution in [0.3, 0.4) is 0 Å². The molecule has 0 fully saturated rings. The van der Waals surface area contributed by atoms with Gasteiger partial charge in [-0.25, -0.2) is 0 Å². The van der Waals surface area contributed by atoms with E-state index in [-0.39, 0.29) is 11.3 Å². The average Bonchev–Trinajstić information content (AvgIpc) is 2.52. The second kappa shape index (κ2) is 7.50. The quantitative estimate of drug-likeness (QED) is 0.650. The first-order valence-electron chi connectivity index (χ1n) is 7.53. The summed E-state index contributed by atoms with van der Waals surface area (Å²) in [5, 5.41) is 2.97. The van der Waals surface area contributed by atoms with E-state index < -0.39 is 0 Å². The van der Waals surface area contributed by atoms with E-state index in [4.69, 9.17) is 0 Å². The monoisotopic (exact) mass is 313 g/mol. The molecule has 0 aliphatic heterocycles. The van der Waals surface area contributed by atoms with Crippen LogP contribution in [0.25, 0.3) is 0 Å². The summed E-state index contributed by atoms with van der Waals surface area (Å²) in [6.07, 6.45) is 0. The third kappa shape index (κ3) is 4.92. The lowest BCUT2D eigenvalue weighted by Crippen LogP contribution is -2.25. The number of thioether (sulfide) groups is 1. The highest BCUT2D eigenvalue weighted by atomic mass is 32.2. The minimum atomic E-state index is -0.00544. The van der Waals surface area contributed by atoms with Gasteiger partial charge in [0.1, 0.15) is 0 Å². The highest BCUT2D eigenvalue weighted by Gasteiger charge is 2.14. The van der Waals surface area contributed by atoms with E-state index in [1.807, 2.05) is 42.5 Å². The molecule has 0 aliphatic carbocycles. The van der Waals surface area contributed by atoms with Crippen molar-refractivity contribution in [3.8, 4) is 0 Å². The summed E-state index contributed by atoms with van der Waals surface area (Å²) in [4.78, 5) is 13.3. The molecule has 0 saturated heterocycles. The van der Waals surface area contributed by atoms with Crippen LogP contribution in [-0.4, -0.2) is 18.2 Å². The van der Waals surface area contributed by atoms with Gasteiger partial charge in [-0.3, -0.25) is 4.79 Å².